The summed E-state index contributed by atoms with van der Waals surface area (Å²) >= 11 is 0. The summed E-state index contributed by atoms with van der Waals surface area (Å²) in [5.74, 6) is 0.711. The highest BCUT2D eigenvalue weighted by molar-refractivity contribution is 5.47. The lowest BCUT2D eigenvalue weighted by atomic mass is 10.4. The standard InChI is InChI=1S/C12H18N4O3/c1-13-11-7-10(16(17)18)8-12(14-11)19-6-5-15(2)9-3-4-9/h7-9H,3-6H2,1-2H3,(H,13,14). The summed E-state index contributed by atoms with van der Waals surface area (Å²) in [5.41, 5.74) is -0.0232. The number of ether oxygens (including phenoxy) is 1. The number of likely N-dealkylation sites (N-methyl/N-ethyl adjacent to an activating group) is 1. The van der Waals surface area contributed by atoms with Crippen LogP contribution in [0.25, 0.3) is 0 Å². The topological polar surface area (TPSA) is 80.5 Å². The molecule has 1 aromatic rings. The first-order chi connectivity index (χ1) is 9.10. The van der Waals surface area contributed by atoms with Crippen molar-refractivity contribution in [3.63, 3.8) is 0 Å². The fourth-order valence-electron chi connectivity index (χ4n) is 1.79. The largest absolute Gasteiger partial charge is 0.476 e. The summed E-state index contributed by atoms with van der Waals surface area (Å²) in [6, 6.07) is 3.40. The molecule has 1 fully saturated rings. The first-order valence-electron chi connectivity index (χ1n) is 6.27. The molecule has 1 aliphatic rings. The van der Waals surface area contributed by atoms with E-state index in [4.69, 9.17) is 4.74 Å². The van der Waals surface area contributed by atoms with Crippen LogP contribution in [0.15, 0.2) is 12.1 Å². The van der Waals surface area contributed by atoms with Gasteiger partial charge in [-0.2, -0.15) is 4.98 Å². The Morgan fingerprint density at radius 1 is 1.58 bits per heavy atom. The van der Waals surface area contributed by atoms with Gasteiger partial charge in [0.25, 0.3) is 5.69 Å². The Kier molecular flexibility index (Phi) is 4.16. The lowest BCUT2D eigenvalue weighted by Crippen LogP contribution is -2.26. The third-order valence-corrected chi connectivity index (χ3v) is 3.12. The second kappa shape index (κ2) is 5.83. The van der Waals surface area contributed by atoms with Crippen molar-refractivity contribution in [1.29, 1.82) is 0 Å². The highest BCUT2D eigenvalue weighted by Crippen LogP contribution is 2.25. The van der Waals surface area contributed by atoms with Gasteiger partial charge in [-0.25, -0.2) is 0 Å². The van der Waals surface area contributed by atoms with E-state index in [-0.39, 0.29) is 11.6 Å². The van der Waals surface area contributed by atoms with E-state index in [1.54, 1.807) is 7.05 Å². The van der Waals surface area contributed by atoms with Gasteiger partial charge in [0, 0.05) is 19.6 Å². The van der Waals surface area contributed by atoms with Crippen LogP contribution in [0.4, 0.5) is 11.5 Å². The minimum atomic E-state index is -0.453. The van der Waals surface area contributed by atoms with E-state index in [1.807, 2.05) is 0 Å². The molecule has 1 aliphatic carbocycles. The molecule has 2 rings (SSSR count). The summed E-state index contributed by atoms with van der Waals surface area (Å²) in [5, 5.41) is 13.6. The Morgan fingerprint density at radius 2 is 2.32 bits per heavy atom. The minimum absolute atomic E-state index is 0.0232. The number of nitro groups is 1. The van der Waals surface area contributed by atoms with Crippen molar-refractivity contribution in [2.75, 3.05) is 32.6 Å². The van der Waals surface area contributed by atoms with Crippen molar-refractivity contribution in [2.45, 2.75) is 18.9 Å². The maximum absolute atomic E-state index is 10.8. The first kappa shape index (κ1) is 13.5. The Bertz CT molecular complexity index is 462. The molecule has 1 heterocycles. The molecule has 0 bridgehead atoms. The lowest BCUT2D eigenvalue weighted by Gasteiger charge is -2.15. The number of nitrogens with zero attached hydrogens (tertiary/aromatic N) is 3. The van der Waals surface area contributed by atoms with E-state index in [0.717, 1.165) is 6.54 Å². The van der Waals surface area contributed by atoms with E-state index in [1.165, 1.54) is 25.0 Å². The zero-order valence-corrected chi connectivity index (χ0v) is 11.1. The minimum Gasteiger partial charge on any atom is -0.476 e. The summed E-state index contributed by atoms with van der Waals surface area (Å²) in [6.45, 7) is 1.27. The fraction of sp³-hybridized carbons (Fsp3) is 0.583. The van der Waals surface area contributed by atoms with Crippen molar-refractivity contribution in [1.82, 2.24) is 9.88 Å². The van der Waals surface area contributed by atoms with Gasteiger partial charge in [0.2, 0.25) is 5.88 Å². The Balaban J connectivity index is 1.94. The van der Waals surface area contributed by atoms with Gasteiger partial charge < -0.3 is 15.0 Å². The summed E-state index contributed by atoms with van der Waals surface area (Å²) in [4.78, 5) is 16.7. The van der Waals surface area contributed by atoms with Crippen LogP contribution < -0.4 is 10.1 Å². The molecule has 0 aliphatic heterocycles. The van der Waals surface area contributed by atoms with Crippen LogP contribution in [0.5, 0.6) is 5.88 Å². The molecule has 7 nitrogen and oxygen atoms in total. The van der Waals surface area contributed by atoms with Crippen LogP contribution in [-0.2, 0) is 0 Å². The molecule has 0 saturated heterocycles. The number of hydrogen-bond acceptors (Lipinski definition) is 6. The molecule has 19 heavy (non-hydrogen) atoms. The summed E-state index contributed by atoms with van der Waals surface area (Å²) in [7, 11) is 3.72. The second-order valence-corrected chi connectivity index (χ2v) is 4.62. The van der Waals surface area contributed by atoms with Crippen LogP contribution in [0, 0.1) is 10.1 Å². The monoisotopic (exact) mass is 266 g/mol. The van der Waals surface area contributed by atoms with E-state index in [2.05, 4.69) is 22.2 Å². The summed E-state index contributed by atoms with van der Waals surface area (Å²) in [6.07, 6.45) is 2.49. The van der Waals surface area contributed by atoms with Gasteiger partial charge in [0.15, 0.2) is 0 Å². The van der Waals surface area contributed by atoms with Gasteiger partial charge in [-0.3, -0.25) is 10.1 Å². The van der Waals surface area contributed by atoms with Crippen molar-refractivity contribution in [3.05, 3.63) is 22.2 Å². The van der Waals surface area contributed by atoms with E-state index < -0.39 is 4.92 Å². The van der Waals surface area contributed by atoms with Crippen LogP contribution >= 0.6 is 0 Å². The van der Waals surface area contributed by atoms with E-state index >= 15 is 0 Å². The molecule has 0 atom stereocenters. The average Bonchev–Trinajstić information content (AvgIpc) is 3.22. The van der Waals surface area contributed by atoms with Gasteiger partial charge in [-0.1, -0.05) is 0 Å². The Labute approximate surface area is 111 Å². The predicted molar refractivity (Wildman–Crippen MR) is 71.6 cm³/mol. The molecule has 0 unspecified atom stereocenters. The number of rotatable bonds is 7. The quantitative estimate of drug-likeness (QED) is 0.595. The van der Waals surface area contributed by atoms with E-state index in [0.29, 0.717) is 18.5 Å². The third kappa shape index (κ3) is 3.78. The number of pyridine rings is 1. The number of aromatic nitrogens is 1. The maximum atomic E-state index is 10.8. The molecule has 1 N–H and O–H groups in total. The van der Waals surface area contributed by atoms with Gasteiger partial charge in [-0.15, -0.1) is 0 Å². The van der Waals surface area contributed by atoms with Crippen LogP contribution in [0.3, 0.4) is 0 Å². The summed E-state index contributed by atoms with van der Waals surface area (Å²) < 4.78 is 5.49. The molecule has 7 heteroatoms. The van der Waals surface area contributed by atoms with Gasteiger partial charge in [0.1, 0.15) is 12.4 Å². The third-order valence-electron chi connectivity index (χ3n) is 3.12. The van der Waals surface area contributed by atoms with Crippen LogP contribution in [0.2, 0.25) is 0 Å². The maximum Gasteiger partial charge on any atom is 0.278 e. The van der Waals surface area contributed by atoms with Crippen molar-refractivity contribution in [2.24, 2.45) is 0 Å². The van der Waals surface area contributed by atoms with Gasteiger partial charge in [0.05, 0.1) is 17.1 Å². The normalized spacial score (nSPS) is 14.5. The average molecular weight is 266 g/mol. The number of nitrogens with one attached hydrogen (secondary N) is 1. The second-order valence-electron chi connectivity index (χ2n) is 4.62. The lowest BCUT2D eigenvalue weighted by molar-refractivity contribution is -0.384. The van der Waals surface area contributed by atoms with Crippen molar-refractivity contribution < 1.29 is 9.66 Å². The van der Waals surface area contributed by atoms with Crippen molar-refractivity contribution >= 4 is 11.5 Å². The number of anilines is 1. The molecule has 1 aromatic heterocycles. The predicted octanol–water partition coefficient (Wildman–Crippen LogP) is 1.50. The van der Waals surface area contributed by atoms with Gasteiger partial charge >= 0.3 is 0 Å². The Hall–Kier alpha value is -1.89. The Morgan fingerprint density at radius 3 is 2.89 bits per heavy atom. The van der Waals surface area contributed by atoms with Gasteiger partial charge in [-0.05, 0) is 19.9 Å². The molecule has 0 radical (unpaired) electrons. The molecule has 0 spiro atoms. The molecular formula is C12H18N4O3. The molecule has 0 aromatic carbocycles. The highest BCUT2D eigenvalue weighted by atomic mass is 16.6. The first-order valence-corrected chi connectivity index (χ1v) is 6.27. The van der Waals surface area contributed by atoms with E-state index in [9.17, 15) is 10.1 Å². The van der Waals surface area contributed by atoms with Crippen LogP contribution in [0.1, 0.15) is 12.8 Å². The number of hydrogen-bond donors (Lipinski definition) is 1. The fourth-order valence-corrected chi connectivity index (χ4v) is 1.79. The smallest absolute Gasteiger partial charge is 0.278 e. The SMILES string of the molecule is CNc1cc([N+](=O)[O-])cc(OCCN(C)C2CC2)n1. The van der Waals surface area contributed by atoms with Crippen molar-refractivity contribution in [3.8, 4) is 5.88 Å². The molecule has 1 saturated carbocycles. The molecular weight excluding hydrogens is 248 g/mol. The zero-order chi connectivity index (χ0) is 13.8. The zero-order valence-electron chi connectivity index (χ0n) is 11.1. The van der Waals surface area contributed by atoms with Crippen LogP contribution in [-0.4, -0.2) is 48.1 Å². The highest BCUT2D eigenvalue weighted by Gasteiger charge is 2.25. The molecule has 0 amide bonds. The molecule has 104 valence electrons.